The third-order valence-electron chi connectivity index (χ3n) is 6.01. The minimum atomic E-state index is -0.0214. The van der Waals surface area contributed by atoms with E-state index in [9.17, 15) is 4.79 Å². The Morgan fingerprint density at radius 1 is 0.824 bits per heavy atom. The lowest BCUT2D eigenvalue weighted by molar-refractivity contribution is -0.120. The Bertz CT molecular complexity index is 1220. The summed E-state index contributed by atoms with van der Waals surface area (Å²) in [6.07, 6.45) is 3.18. The number of aromatic nitrogens is 2. The monoisotopic (exact) mass is 450 g/mol. The van der Waals surface area contributed by atoms with Crippen LogP contribution in [-0.2, 0) is 4.79 Å². The van der Waals surface area contributed by atoms with E-state index in [0.717, 1.165) is 60.2 Å². The van der Waals surface area contributed by atoms with Crippen LogP contribution in [0.3, 0.4) is 0 Å². The zero-order chi connectivity index (χ0) is 23.2. The van der Waals surface area contributed by atoms with E-state index in [1.54, 1.807) is 6.33 Å². The van der Waals surface area contributed by atoms with Crippen molar-refractivity contribution in [2.45, 2.75) is 12.8 Å². The van der Waals surface area contributed by atoms with E-state index in [4.69, 9.17) is 4.74 Å². The van der Waals surface area contributed by atoms with Gasteiger partial charge < -0.3 is 15.0 Å². The van der Waals surface area contributed by atoms with E-state index in [0.29, 0.717) is 0 Å². The van der Waals surface area contributed by atoms with Crippen LogP contribution in [0, 0.1) is 5.92 Å². The van der Waals surface area contributed by atoms with Crippen molar-refractivity contribution >= 4 is 17.4 Å². The standard InChI is InChI=1S/C28H26N4O2/c33-28(31-23-11-13-25(14-12-23)34-24-9-5-2-6-10-24)22-15-17-32(18-16-22)27-19-26(29-20-30-27)21-7-3-1-4-8-21/h1-14,19-20,22H,15-18H2,(H,31,33). The van der Waals surface area contributed by atoms with E-state index >= 15 is 0 Å². The molecule has 1 aliphatic rings. The first-order chi connectivity index (χ1) is 16.7. The summed E-state index contributed by atoms with van der Waals surface area (Å²) in [5.74, 6) is 2.46. The third kappa shape index (κ3) is 5.23. The number of para-hydroxylation sites is 1. The molecule has 170 valence electrons. The van der Waals surface area contributed by atoms with Gasteiger partial charge in [0, 0.05) is 36.3 Å². The zero-order valence-electron chi connectivity index (χ0n) is 18.8. The Morgan fingerprint density at radius 2 is 1.47 bits per heavy atom. The number of nitrogens with zero attached hydrogens (tertiary/aromatic N) is 3. The lowest BCUT2D eigenvalue weighted by Crippen LogP contribution is -2.38. The number of amides is 1. The molecule has 1 fully saturated rings. The summed E-state index contributed by atoms with van der Waals surface area (Å²) in [4.78, 5) is 23.9. The van der Waals surface area contributed by atoms with Crippen LogP contribution < -0.4 is 15.0 Å². The van der Waals surface area contributed by atoms with Crippen LogP contribution in [0.4, 0.5) is 11.5 Å². The molecule has 0 bridgehead atoms. The van der Waals surface area contributed by atoms with Crippen molar-refractivity contribution in [1.82, 2.24) is 9.97 Å². The van der Waals surface area contributed by atoms with Crippen molar-refractivity contribution in [3.05, 3.63) is 97.3 Å². The Balaban J connectivity index is 1.15. The van der Waals surface area contributed by atoms with Crippen LogP contribution in [0.25, 0.3) is 11.3 Å². The van der Waals surface area contributed by atoms with Crippen molar-refractivity contribution in [3.63, 3.8) is 0 Å². The molecule has 6 nitrogen and oxygen atoms in total. The summed E-state index contributed by atoms with van der Waals surface area (Å²) in [7, 11) is 0. The molecular formula is C28H26N4O2. The van der Waals surface area contributed by atoms with Gasteiger partial charge in [-0.2, -0.15) is 0 Å². The predicted octanol–water partition coefficient (Wildman–Crippen LogP) is 5.79. The number of nitrogens with one attached hydrogen (secondary N) is 1. The minimum Gasteiger partial charge on any atom is -0.457 e. The molecule has 0 spiro atoms. The molecule has 2 heterocycles. The van der Waals surface area contributed by atoms with Gasteiger partial charge in [0.25, 0.3) is 0 Å². The van der Waals surface area contributed by atoms with Crippen molar-refractivity contribution in [2.24, 2.45) is 5.92 Å². The van der Waals surface area contributed by atoms with Crippen LogP contribution in [0.5, 0.6) is 11.5 Å². The second-order valence-corrected chi connectivity index (χ2v) is 8.32. The van der Waals surface area contributed by atoms with E-state index in [2.05, 4.69) is 20.2 Å². The first kappa shape index (κ1) is 21.6. The Hall–Kier alpha value is -4.19. The number of carbonyl (C=O) groups is 1. The van der Waals surface area contributed by atoms with Gasteiger partial charge in [-0.05, 0) is 49.2 Å². The largest absolute Gasteiger partial charge is 0.457 e. The molecule has 5 rings (SSSR count). The van der Waals surface area contributed by atoms with Gasteiger partial charge >= 0.3 is 0 Å². The Labute approximate surface area is 199 Å². The summed E-state index contributed by atoms with van der Waals surface area (Å²) in [6, 6.07) is 29.2. The molecule has 4 aromatic rings. The highest BCUT2D eigenvalue weighted by molar-refractivity contribution is 5.92. The van der Waals surface area contributed by atoms with Crippen LogP contribution in [0.1, 0.15) is 12.8 Å². The molecule has 3 aromatic carbocycles. The van der Waals surface area contributed by atoms with E-state index in [1.807, 2.05) is 91.0 Å². The zero-order valence-corrected chi connectivity index (χ0v) is 18.8. The fraction of sp³-hybridized carbons (Fsp3) is 0.179. The quantitative estimate of drug-likeness (QED) is 0.403. The molecule has 0 atom stereocenters. The second-order valence-electron chi connectivity index (χ2n) is 8.32. The average molecular weight is 451 g/mol. The molecule has 0 radical (unpaired) electrons. The number of anilines is 2. The number of piperidine rings is 1. The summed E-state index contributed by atoms with van der Waals surface area (Å²) in [5, 5.41) is 3.05. The second kappa shape index (κ2) is 10.2. The van der Waals surface area contributed by atoms with E-state index in [-0.39, 0.29) is 11.8 Å². The summed E-state index contributed by atoms with van der Waals surface area (Å²) < 4.78 is 5.82. The Kier molecular flexibility index (Phi) is 6.47. The molecule has 1 saturated heterocycles. The van der Waals surface area contributed by atoms with Crippen LogP contribution in [-0.4, -0.2) is 29.0 Å². The lowest BCUT2D eigenvalue weighted by atomic mass is 9.95. The maximum absolute atomic E-state index is 12.8. The Morgan fingerprint density at radius 3 is 2.18 bits per heavy atom. The molecule has 34 heavy (non-hydrogen) atoms. The maximum atomic E-state index is 12.8. The normalized spacial score (nSPS) is 13.9. The molecule has 1 aromatic heterocycles. The van der Waals surface area contributed by atoms with Crippen LogP contribution in [0.2, 0.25) is 0 Å². The van der Waals surface area contributed by atoms with Crippen molar-refractivity contribution < 1.29 is 9.53 Å². The van der Waals surface area contributed by atoms with Gasteiger partial charge in [0.05, 0.1) is 5.69 Å². The van der Waals surface area contributed by atoms with Crippen molar-refractivity contribution in [3.8, 4) is 22.8 Å². The smallest absolute Gasteiger partial charge is 0.227 e. The third-order valence-corrected chi connectivity index (χ3v) is 6.01. The molecule has 0 saturated carbocycles. The van der Waals surface area contributed by atoms with E-state index in [1.165, 1.54) is 0 Å². The van der Waals surface area contributed by atoms with Crippen molar-refractivity contribution in [1.29, 1.82) is 0 Å². The van der Waals surface area contributed by atoms with Gasteiger partial charge in [0.1, 0.15) is 23.6 Å². The van der Waals surface area contributed by atoms with Gasteiger partial charge in [0.2, 0.25) is 5.91 Å². The first-order valence-corrected chi connectivity index (χ1v) is 11.5. The number of hydrogen-bond acceptors (Lipinski definition) is 5. The molecule has 6 heteroatoms. The van der Waals surface area contributed by atoms with Gasteiger partial charge in [-0.3, -0.25) is 4.79 Å². The van der Waals surface area contributed by atoms with Crippen LogP contribution in [0.15, 0.2) is 97.3 Å². The number of ether oxygens (including phenoxy) is 1. The number of rotatable bonds is 6. The number of carbonyl (C=O) groups excluding carboxylic acids is 1. The lowest BCUT2D eigenvalue weighted by Gasteiger charge is -2.32. The molecular weight excluding hydrogens is 424 g/mol. The highest BCUT2D eigenvalue weighted by Crippen LogP contribution is 2.27. The summed E-state index contributed by atoms with van der Waals surface area (Å²) in [6.45, 7) is 1.57. The maximum Gasteiger partial charge on any atom is 0.227 e. The number of benzene rings is 3. The van der Waals surface area contributed by atoms with Gasteiger partial charge in [-0.25, -0.2) is 9.97 Å². The summed E-state index contributed by atoms with van der Waals surface area (Å²) in [5.41, 5.74) is 2.75. The fourth-order valence-corrected chi connectivity index (χ4v) is 4.13. The average Bonchev–Trinajstić information content (AvgIpc) is 2.91. The summed E-state index contributed by atoms with van der Waals surface area (Å²) >= 11 is 0. The van der Waals surface area contributed by atoms with Crippen LogP contribution >= 0.6 is 0 Å². The fourth-order valence-electron chi connectivity index (χ4n) is 4.13. The van der Waals surface area contributed by atoms with Crippen molar-refractivity contribution in [2.75, 3.05) is 23.3 Å². The molecule has 1 amide bonds. The topological polar surface area (TPSA) is 67.3 Å². The molecule has 0 unspecified atom stereocenters. The van der Waals surface area contributed by atoms with E-state index < -0.39 is 0 Å². The highest BCUT2D eigenvalue weighted by Gasteiger charge is 2.26. The number of hydrogen-bond donors (Lipinski definition) is 1. The molecule has 0 aliphatic carbocycles. The minimum absolute atomic E-state index is 0.0214. The molecule has 1 aliphatic heterocycles. The van der Waals surface area contributed by atoms with Gasteiger partial charge in [0.15, 0.2) is 0 Å². The highest BCUT2D eigenvalue weighted by atomic mass is 16.5. The SMILES string of the molecule is O=C(Nc1ccc(Oc2ccccc2)cc1)C1CCN(c2cc(-c3ccccc3)ncn2)CC1. The molecule has 1 N–H and O–H groups in total. The van der Waals surface area contributed by atoms with Gasteiger partial charge in [-0.15, -0.1) is 0 Å². The van der Waals surface area contributed by atoms with Gasteiger partial charge in [-0.1, -0.05) is 48.5 Å². The predicted molar refractivity (Wildman–Crippen MR) is 134 cm³/mol. The first-order valence-electron chi connectivity index (χ1n) is 11.5.